The molecule has 0 aliphatic heterocycles. The van der Waals surface area contributed by atoms with Crippen molar-refractivity contribution in [3.63, 3.8) is 0 Å². The number of nitrogens with zero attached hydrogens (tertiary/aromatic N) is 1. The predicted molar refractivity (Wildman–Crippen MR) is 91.7 cm³/mol. The highest BCUT2D eigenvalue weighted by molar-refractivity contribution is 5.62. The molecular formula is C21H22N+. The normalized spacial score (nSPS) is 10.9. The van der Waals surface area contributed by atoms with Crippen LogP contribution in [-0.2, 0) is 6.54 Å². The van der Waals surface area contributed by atoms with Gasteiger partial charge in [-0.25, -0.2) is 4.57 Å². The Balaban J connectivity index is 1.76. The van der Waals surface area contributed by atoms with E-state index >= 15 is 0 Å². The van der Waals surface area contributed by atoms with Crippen LogP contribution < -0.4 is 4.57 Å². The Bertz CT molecular complexity index is 710. The van der Waals surface area contributed by atoms with Crippen molar-refractivity contribution in [2.75, 3.05) is 0 Å². The fourth-order valence-electron chi connectivity index (χ4n) is 2.61. The molecule has 3 rings (SSSR count). The van der Waals surface area contributed by atoms with Crippen LogP contribution in [0.4, 0.5) is 0 Å². The van der Waals surface area contributed by atoms with Crippen LogP contribution in [0.5, 0.6) is 0 Å². The zero-order valence-corrected chi connectivity index (χ0v) is 13.2. The third kappa shape index (κ3) is 3.43. The van der Waals surface area contributed by atoms with E-state index in [0.29, 0.717) is 5.92 Å². The van der Waals surface area contributed by atoms with E-state index in [9.17, 15) is 0 Å². The van der Waals surface area contributed by atoms with E-state index in [4.69, 9.17) is 0 Å². The minimum absolute atomic E-state index is 0.581. The van der Waals surface area contributed by atoms with Crippen LogP contribution in [0.1, 0.15) is 30.9 Å². The minimum Gasteiger partial charge on any atom is -0.201 e. The van der Waals surface area contributed by atoms with Gasteiger partial charge >= 0.3 is 0 Å². The molecule has 0 aliphatic rings. The molecular weight excluding hydrogens is 266 g/mol. The van der Waals surface area contributed by atoms with Gasteiger partial charge in [-0.2, -0.15) is 0 Å². The molecule has 0 aliphatic carbocycles. The van der Waals surface area contributed by atoms with Crippen molar-refractivity contribution in [2.45, 2.75) is 26.3 Å². The summed E-state index contributed by atoms with van der Waals surface area (Å²) in [4.78, 5) is 0. The van der Waals surface area contributed by atoms with Crippen LogP contribution in [-0.4, -0.2) is 0 Å². The molecule has 1 heteroatoms. The molecule has 1 aromatic heterocycles. The summed E-state index contributed by atoms with van der Waals surface area (Å²) in [5.41, 5.74) is 5.25. The molecule has 0 unspecified atom stereocenters. The average Bonchev–Trinajstić information content (AvgIpc) is 2.57. The standard InChI is InChI=1S/C21H22N/c1-17(2)19-8-10-20(11-9-19)21-12-14-22(15-13-21)16-18-6-4-3-5-7-18/h3-15,17H,16H2,1-2H3/q+1. The molecule has 1 heterocycles. The van der Waals surface area contributed by atoms with E-state index < -0.39 is 0 Å². The number of aromatic nitrogens is 1. The lowest BCUT2D eigenvalue weighted by molar-refractivity contribution is -0.688. The van der Waals surface area contributed by atoms with Gasteiger partial charge in [-0.3, -0.25) is 0 Å². The molecule has 2 aromatic carbocycles. The third-order valence-electron chi connectivity index (χ3n) is 4.01. The van der Waals surface area contributed by atoms with Crippen molar-refractivity contribution < 1.29 is 4.57 Å². The summed E-state index contributed by atoms with van der Waals surface area (Å²) < 4.78 is 2.21. The molecule has 0 fully saturated rings. The Morgan fingerprint density at radius 1 is 0.727 bits per heavy atom. The third-order valence-corrected chi connectivity index (χ3v) is 4.01. The van der Waals surface area contributed by atoms with E-state index in [1.54, 1.807) is 0 Å². The predicted octanol–water partition coefficient (Wildman–Crippen LogP) is 4.81. The summed E-state index contributed by atoms with van der Waals surface area (Å²) in [5.74, 6) is 0.581. The van der Waals surface area contributed by atoms with Gasteiger partial charge in [-0.05, 0) is 22.6 Å². The highest BCUT2D eigenvalue weighted by atomic mass is 14.9. The first kappa shape index (κ1) is 14.5. The highest BCUT2D eigenvalue weighted by Gasteiger charge is 2.05. The fourth-order valence-corrected chi connectivity index (χ4v) is 2.61. The lowest BCUT2D eigenvalue weighted by atomic mass is 9.99. The maximum atomic E-state index is 2.23. The van der Waals surface area contributed by atoms with Crippen LogP contribution in [0, 0.1) is 0 Å². The molecule has 0 N–H and O–H groups in total. The van der Waals surface area contributed by atoms with Gasteiger partial charge in [0.25, 0.3) is 0 Å². The van der Waals surface area contributed by atoms with Gasteiger partial charge in [0.15, 0.2) is 18.9 Å². The zero-order valence-electron chi connectivity index (χ0n) is 13.2. The lowest BCUT2D eigenvalue weighted by Crippen LogP contribution is -2.32. The first-order chi connectivity index (χ1) is 10.7. The SMILES string of the molecule is CC(C)c1ccc(-c2cc[n+](Cc3ccccc3)cc2)cc1. The molecule has 22 heavy (non-hydrogen) atoms. The molecule has 0 spiro atoms. The van der Waals surface area contributed by atoms with E-state index in [2.05, 4.69) is 97.5 Å². The topological polar surface area (TPSA) is 3.88 Å². The van der Waals surface area contributed by atoms with Crippen molar-refractivity contribution in [3.05, 3.63) is 90.3 Å². The number of benzene rings is 2. The minimum atomic E-state index is 0.581. The zero-order chi connectivity index (χ0) is 15.4. The van der Waals surface area contributed by atoms with Crippen LogP contribution >= 0.6 is 0 Å². The van der Waals surface area contributed by atoms with Gasteiger partial charge < -0.3 is 0 Å². The second-order valence-corrected chi connectivity index (χ2v) is 6.02. The van der Waals surface area contributed by atoms with Gasteiger partial charge in [-0.15, -0.1) is 0 Å². The van der Waals surface area contributed by atoms with Crippen molar-refractivity contribution in [1.29, 1.82) is 0 Å². The van der Waals surface area contributed by atoms with Crippen molar-refractivity contribution >= 4 is 0 Å². The number of rotatable bonds is 4. The molecule has 0 saturated heterocycles. The lowest BCUT2D eigenvalue weighted by Gasteiger charge is -2.07. The van der Waals surface area contributed by atoms with E-state index in [0.717, 1.165) is 6.54 Å². The maximum Gasteiger partial charge on any atom is 0.173 e. The fraction of sp³-hybridized carbons (Fsp3) is 0.190. The monoisotopic (exact) mass is 288 g/mol. The summed E-state index contributed by atoms with van der Waals surface area (Å²) in [6.45, 7) is 5.36. The molecule has 110 valence electrons. The Morgan fingerprint density at radius 3 is 1.91 bits per heavy atom. The summed E-state index contributed by atoms with van der Waals surface area (Å²) >= 11 is 0. The van der Waals surface area contributed by atoms with Crippen LogP contribution in [0.25, 0.3) is 11.1 Å². The van der Waals surface area contributed by atoms with Gasteiger partial charge in [0, 0.05) is 17.7 Å². The second kappa shape index (κ2) is 6.57. The first-order valence-corrected chi connectivity index (χ1v) is 7.86. The smallest absolute Gasteiger partial charge is 0.173 e. The maximum absolute atomic E-state index is 2.23. The molecule has 0 radical (unpaired) electrons. The number of pyridine rings is 1. The second-order valence-electron chi connectivity index (χ2n) is 6.02. The Morgan fingerprint density at radius 2 is 1.32 bits per heavy atom. The first-order valence-electron chi connectivity index (χ1n) is 7.86. The van der Waals surface area contributed by atoms with E-state index in [1.165, 1.54) is 22.3 Å². The van der Waals surface area contributed by atoms with Gasteiger partial charge in [-0.1, -0.05) is 68.4 Å². The summed E-state index contributed by atoms with van der Waals surface area (Å²) in [7, 11) is 0. The van der Waals surface area contributed by atoms with Crippen LogP contribution in [0.2, 0.25) is 0 Å². The van der Waals surface area contributed by atoms with Gasteiger partial charge in [0.05, 0.1) is 0 Å². The van der Waals surface area contributed by atoms with Crippen molar-refractivity contribution in [3.8, 4) is 11.1 Å². The molecule has 3 aromatic rings. The van der Waals surface area contributed by atoms with Crippen molar-refractivity contribution in [1.82, 2.24) is 0 Å². The Hall–Kier alpha value is -2.41. The van der Waals surface area contributed by atoms with Crippen molar-refractivity contribution in [2.24, 2.45) is 0 Å². The van der Waals surface area contributed by atoms with Crippen LogP contribution in [0.3, 0.4) is 0 Å². The molecule has 0 bridgehead atoms. The molecule has 0 amide bonds. The average molecular weight is 288 g/mol. The quantitative estimate of drug-likeness (QED) is 0.606. The number of hydrogen-bond acceptors (Lipinski definition) is 0. The Labute approximate surface area is 132 Å². The molecule has 0 saturated carbocycles. The molecule has 1 nitrogen and oxygen atoms in total. The van der Waals surface area contributed by atoms with Gasteiger partial charge in [0.2, 0.25) is 0 Å². The summed E-state index contributed by atoms with van der Waals surface area (Å²) in [6.07, 6.45) is 4.30. The van der Waals surface area contributed by atoms with Crippen LogP contribution in [0.15, 0.2) is 79.1 Å². The van der Waals surface area contributed by atoms with Gasteiger partial charge in [0.1, 0.15) is 0 Å². The largest absolute Gasteiger partial charge is 0.201 e. The Kier molecular flexibility index (Phi) is 4.34. The number of hydrogen-bond donors (Lipinski definition) is 0. The summed E-state index contributed by atoms with van der Waals surface area (Å²) in [5, 5.41) is 0. The van der Waals surface area contributed by atoms with E-state index in [1.807, 2.05) is 0 Å². The van der Waals surface area contributed by atoms with E-state index in [-0.39, 0.29) is 0 Å². The summed E-state index contributed by atoms with van der Waals surface area (Å²) in [6, 6.07) is 23.8. The highest BCUT2D eigenvalue weighted by Crippen LogP contribution is 2.21. The molecule has 0 atom stereocenters.